The van der Waals surface area contributed by atoms with Gasteiger partial charge in [0, 0.05) is 0 Å². The van der Waals surface area contributed by atoms with Crippen molar-refractivity contribution in [3.05, 3.63) is 90.0 Å². The average Bonchev–Trinajstić information content (AvgIpc) is 2.75. The van der Waals surface area contributed by atoms with E-state index in [1.165, 1.54) is 18.3 Å². The third kappa shape index (κ3) is 5.43. The van der Waals surface area contributed by atoms with Gasteiger partial charge in [0.2, 0.25) is 0 Å². The highest BCUT2D eigenvalue weighted by atomic mass is 32.2. The van der Waals surface area contributed by atoms with Crippen molar-refractivity contribution in [1.29, 1.82) is 0 Å². The quantitative estimate of drug-likeness (QED) is 0.279. The Hall–Kier alpha value is -3.65. The van der Waals surface area contributed by atoms with Crippen LogP contribution in [0.4, 0.5) is 0 Å². The number of ether oxygens (including phenoxy) is 2. The second kappa shape index (κ2) is 9.03. The lowest BCUT2D eigenvalue weighted by Gasteiger charge is -2.06. The van der Waals surface area contributed by atoms with Crippen LogP contribution in [0.1, 0.15) is 15.9 Å². The van der Waals surface area contributed by atoms with Gasteiger partial charge in [-0.05, 0) is 66.2 Å². The highest BCUT2D eigenvalue weighted by molar-refractivity contribution is 7.89. The van der Waals surface area contributed by atoms with E-state index in [4.69, 9.17) is 9.47 Å². The normalized spacial score (nSPS) is 11.2. The summed E-state index contributed by atoms with van der Waals surface area (Å²) in [5.41, 5.74) is 1.02. The minimum absolute atomic E-state index is 0.123. The van der Waals surface area contributed by atoms with E-state index in [9.17, 15) is 13.2 Å². The average molecular weight is 410 g/mol. The molecule has 3 rings (SSSR count). The zero-order valence-electron chi connectivity index (χ0n) is 15.5. The molecule has 0 atom stereocenters. The highest BCUT2D eigenvalue weighted by Crippen LogP contribution is 2.16. The van der Waals surface area contributed by atoms with E-state index in [-0.39, 0.29) is 4.90 Å². The Kier molecular flexibility index (Phi) is 6.25. The maximum absolute atomic E-state index is 12.1. The van der Waals surface area contributed by atoms with Crippen LogP contribution >= 0.6 is 0 Å². The Morgan fingerprint density at radius 3 is 2.14 bits per heavy atom. The molecule has 0 saturated carbocycles. The van der Waals surface area contributed by atoms with Crippen LogP contribution in [0, 0.1) is 0 Å². The summed E-state index contributed by atoms with van der Waals surface area (Å²) in [6.45, 7) is 0. The molecule has 0 aliphatic rings. The fraction of sp³-hybridized carbons (Fsp3) is 0.0476. The Bertz CT molecular complexity index is 1090. The zero-order chi connectivity index (χ0) is 20.7. The van der Waals surface area contributed by atoms with Crippen molar-refractivity contribution < 1.29 is 22.7 Å². The molecule has 3 aromatic carbocycles. The Morgan fingerprint density at radius 1 is 0.897 bits per heavy atom. The summed E-state index contributed by atoms with van der Waals surface area (Å²) in [6.07, 6.45) is 1.36. The molecule has 0 heterocycles. The monoisotopic (exact) mass is 410 g/mol. The predicted octanol–water partition coefficient (Wildman–Crippen LogP) is 3.23. The number of carbonyl (C=O) groups excluding carboxylic acids is 1. The van der Waals surface area contributed by atoms with Gasteiger partial charge < -0.3 is 9.47 Å². The fourth-order valence-electron chi connectivity index (χ4n) is 2.34. The van der Waals surface area contributed by atoms with Crippen LogP contribution < -0.4 is 14.3 Å². The van der Waals surface area contributed by atoms with Gasteiger partial charge in [0.05, 0.1) is 23.8 Å². The Morgan fingerprint density at radius 2 is 1.52 bits per heavy atom. The van der Waals surface area contributed by atoms with Gasteiger partial charge in [0.15, 0.2) is 0 Å². The van der Waals surface area contributed by atoms with Crippen LogP contribution in [-0.4, -0.2) is 27.7 Å². The van der Waals surface area contributed by atoms with Gasteiger partial charge in [-0.25, -0.2) is 9.63 Å². The van der Waals surface area contributed by atoms with Gasteiger partial charge in [-0.15, -0.1) is 0 Å². The number of hydrogen-bond donors (Lipinski definition) is 1. The largest absolute Gasteiger partial charge is 0.497 e. The molecule has 1 N–H and O–H groups in total. The van der Waals surface area contributed by atoms with Gasteiger partial charge >= 0.3 is 5.97 Å². The molecule has 7 nitrogen and oxygen atoms in total. The maximum Gasteiger partial charge on any atom is 0.343 e. The minimum atomic E-state index is -3.72. The van der Waals surface area contributed by atoms with Gasteiger partial charge in [-0.1, -0.05) is 18.2 Å². The summed E-state index contributed by atoms with van der Waals surface area (Å²) in [5.74, 6) is 0.505. The molecule has 0 unspecified atom stereocenters. The first-order chi connectivity index (χ1) is 14.0. The smallest absolute Gasteiger partial charge is 0.343 e. The van der Waals surface area contributed by atoms with Gasteiger partial charge in [-0.3, -0.25) is 0 Å². The van der Waals surface area contributed by atoms with Crippen molar-refractivity contribution in [3.8, 4) is 11.5 Å². The van der Waals surface area contributed by atoms with Crippen LogP contribution in [0.15, 0.2) is 88.9 Å². The molecule has 0 radical (unpaired) electrons. The molecule has 3 aromatic rings. The van der Waals surface area contributed by atoms with Gasteiger partial charge in [0.25, 0.3) is 10.0 Å². The van der Waals surface area contributed by atoms with E-state index in [1.807, 2.05) is 0 Å². The number of carbonyl (C=O) groups is 1. The molecule has 29 heavy (non-hydrogen) atoms. The van der Waals surface area contributed by atoms with Crippen molar-refractivity contribution in [2.75, 3.05) is 7.11 Å². The summed E-state index contributed by atoms with van der Waals surface area (Å²) < 4.78 is 34.5. The summed E-state index contributed by atoms with van der Waals surface area (Å²) in [7, 11) is -2.17. The molecule has 148 valence electrons. The van der Waals surface area contributed by atoms with E-state index < -0.39 is 16.0 Å². The van der Waals surface area contributed by atoms with Crippen LogP contribution in [0.2, 0.25) is 0 Å². The Labute approximate surface area is 168 Å². The first-order valence-corrected chi connectivity index (χ1v) is 10.0. The van der Waals surface area contributed by atoms with Crippen LogP contribution in [0.3, 0.4) is 0 Å². The molecule has 0 amide bonds. The summed E-state index contributed by atoms with van der Waals surface area (Å²) >= 11 is 0. The van der Waals surface area contributed by atoms with E-state index in [0.29, 0.717) is 22.6 Å². The third-order valence-corrected chi connectivity index (χ3v) is 5.09. The zero-order valence-corrected chi connectivity index (χ0v) is 16.3. The minimum Gasteiger partial charge on any atom is -0.497 e. The number of esters is 1. The van der Waals surface area contributed by atoms with Gasteiger partial charge in [-0.2, -0.15) is 13.5 Å². The van der Waals surface area contributed by atoms with Crippen LogP contribution in [0.25, 0.3) is 0 Å². The molecule has 0 spiro atoms. The lowest BCUT2D eigenvalue weighted by molar-refractivity contribution is 0.0734. The number of rotatable bonds is 7. The van der Waals surface area contributed by atoms with Crippen LogP contribution in [0.5, 0.6) is 11.5 Å². The first-order valence-electron chi connectivity index (χ1n) is 8.54. The van der Waals surface area contributed by atoms with E-state index in [1.54, 1.807) is 73.8 Å². The summed E-state index contributed by atoms with van der Waals surface area (Å²) in [6, 6.07) is 21.0. The molecule has 8 heteroatoms. The van der Waals surface area contributed by atoms with Crippen molar-refractivity contribution in [2.45, 2.75) is 4.90 Å². The summed E-state index contributed by atoms with van der Waals surface area (Å²) in [4.78, 5) is 14.4. The topological polar surface area (TPSA) is 94.1 Å². The Balaban J connectivity index is 1.59. The predicted molar refractivity (Wildman–Crippen MR) is 109 cm³/mol. The lowest BCUT2D eigenvalue weighted by atomic mass is 10.2. The number of nitrogens with one attached hydrogen (secondary N) is 1. The van der Waals surface area contributed by atoms with Crippen molar-refractivity contribution in [2.24, 2.45) is 5.10 Å². The molecular weight excluding hydrogens is 392 g/mol. The number of sulfonamides is 1. The highest BCUT2D eigenvalue weighted by Gasteiger charge is 2.11. The number of hydrazone groups is 1. The second-order valence-electron chi connectivity index (χ2n) is 5.85. The van der Waals surface area contributed by atoms with E-state index in [0.717, 1.165) is 0 Å². The molecule has 0 fully saturated rings. The second-order valence-corrected chi connectivity index (χ2v) is 7.51. The maximum atomic E-state index is 12.1. The van der Waals surface area contributed by atoms with E-state index in [2.05, 4.69) is 9.93 Å². The van der Waals surface area contributed by atoms with E-state index >= 15 is 0 Å². The molecule has 0 aliphatic carbocycles. The lowest BCUT2D eigenvalue weighted by Crippen LogP contribution is -2.18. The summed E-state index contributed by atoms with van der Waals surface area (Å²) in [5, 5.41) is 3.76. The van der Waals surface area contributed by atoms with Crippen molar-refractivity contribution >= 4 is 22.2 Å². The van der Waals surface area contributed by atoms with Crippen LogP contribution in [-0.2, 0) is 10.0 Å². The number of hydrogen-bond acceptors (Lipinski definition) is 6. The van der Waals surface area contributed by atoms with Gasteiger partial charge in [0.1, 0.15) is 11.5 Å². The molecule has 0 bridgehead atoms. The standard InChI is InChI=1S/C21H18N2O5S/c1-27-18-13-9-17(10-14-18)21(24)28-19-11-7-16(8-12-19)15-22-23-29(25,26)20-5-3-2-4-6-20/h2-15,23H,1H3/b22-15-. The first kappa shape index (κ1) is 20.1. The number of nitrogens with zero attached hydrogens (tertiary/aromatic N) is 1. The third-order valence-electron chi connectivity index (χ3n) is 3.86. The molecule has 0 aromatic heterocycles. The molecule has 0 saturated heterocycles. The fourth-order valence-corrected chi connectivity index (χ4v) is 3.15. The molecule has 0 aliphatic heterocycles. The SMILES string of the molecule is COc1ccc(C(=O)Oc2ccc(/C=N\NS(=O)(=O)c3ccccc3)cc2)cc1. The van der Waals surface area contributed by atoms with Crippen molar-refractivity contribution in [3.63, 3.8) is 0 Å². The number of benzene rings is 3. The molecular formula is C21H18N2O5S. The number of methoxy groups -OCH3 is 1. The van der Waals surface area contributed by atoms with Crippen molar-refractivity contribution in [1.82, 2.24) is 4.83 Å².